The summed E-state index contributed by atoms with van der Waals surface area (Å²) in [6.45, 7) is 11.1. The van der Waals surface area contributed by atoms with E-state index in [4.69, 9.17) is 4.42 Å². The predicted molar refractivity (Wildman–Crippen MR) is 103 cm³/mol. The lowest BCUT2D eigenvalue weighted by atomic mass is 10.1. The maximum atomic E-state index is 12.6. The van der Waals surface area contributed by atoms with Gasteiger partial charge in [-0.3, -0.25) is 9.48 Å². The summed E-state index contributed by atoms with van der Waals surface area (Å²) in [5.41, 5.74) is 3.85. The second-order valence-corrected chi connectivity index (χ2v) is 7.38. The van der Waals surface area contributed by atoms with Crippen LogP contribution in [0.4, 0.5) is 0 Å². The lowest BCUT2D eigenvalue weighted by Crippen LogP contribution is -2.28. The molecule has 3 rings (SSSR count). The molecule has 2 heterocycles. The number of carbonyl (C=O) groups is 1. The first-order valence-electron chi connectivity index (χ1n) is 9.16. The van der Waals surface area contributed by atoms with Crippen LogP contribution in [0.1, 0.15) is 49.5 Å². The number of para-hydroxylation sites is 1. The molecular weight excluding hydrogens is 326 g/mol. The highest BCUT2D eigenvalue weighted by Crippen LogP contribution is 2.24. The van der Waals surface area contributed by atoms with Crippen LogP contribution in [0.15, 0.2) is 34.7 Å². The minimum Gasteiger partial charge on any atom is -0.459 e. The average molecular weight is 353 g/mol. The fourth-order valence-corrected chi connectivity index (χ4v) is 3.25. The molecule has 0 unspecified atom stereocenters. The Morgan fingerprint density at radius 3 is 2.65 bits per heavy atom. The molecule has 1 N–H and O–H groups in total. The number of fused-ring (bicyclic) bond motifs is 1. The highest BCUT2D eigenvalue weighted by molar-refractivity contribution is 5.80. The number of nitrogens with one attached hydrogen (secondary N) is 1. The molecule has 0 saturated carbocycles. The summed E-state index contributed by atoms with van der Waals surface area (Å²) in [7, 11) is 0. The first-order valence-corrected chi connectivity index (χ1v) is 9.16. The first kappa shape index (κ1) is 18.2. The van der Waals surface area contributed by atoms with E-state index in [0.29, 0.717) is 12.3 Å². The van der Waals surface area contributed by atoms with E-state index >= 15 is 0 Å². The van der Waals surface area contributed by atoms with Crippen molar-refractivity contribution in [3.8, 4) is 0 Å². The molecule has 0 aliphatic heterocycles. The number of furan rings is 1. The molecular formula is C21H27N3O2. The van der Waals surface area contributed by atoms with Crippen LogP contribution >= 0.6 is 0 Å². The van der Waals surface area contributed by atoms with Gasteiger partial charge in [-0.15, -0.1) is 0 Å². The largest absolute Gasteiger partial charge is 0.459 e. The van der Waals surface area contributed by atoms with Crippen molar-refractivity contribution in [2.24, 2.45) is 5.92 Å². The van der Waals surface area contributed by atoms with Gasteiger partial charge in [0.05, 0.1) is 18.2 Å². The molecule has 2 aromatic heterocycles. The van der Waals surface area contributed by atoms with Crippen molar-refractivity contribution < 1.29 is 9.21 Å². The Morgan fingerprint density at radius 1 is 1.23 bits per heavy atom. The van der Waals surface area contributed by atoms with Gasteiger partial charge >= 0.3 is 0 Å². The third-order valence-electron chi connectivity index (χ3n) is 4.66. The van der Waals surface area contributed by atoms with Crippen LogP contribution in [0.2, 0.25) is 0 Å². The summed E-state index contributed by atoms with van der Waals surface area (Å²) in [4.78, 5) is 12.6. The van der Waals surface area contributed by atoms with Gasteiger partial charge in [-0.2, -0.15) is 5.10 Å². The molecule has 1 amide bonds. The van der Waals surface area contributed by atoms with E-state index in [1.807, 2.05) is 55.8 Å². The standard InChI is InChI=1S/C21H27N3O2/c1-13(2)12-24-16(5)18(14(3)23-24)11-21(25)22-15(4)20-10-17-8-6-7-9-19(17)26-20/h6-10,13,15H,11-12H2,1-5H3,(H,22,25)/t15-/m1/s1. The number of hydrogen-bond acceptors (Lipinski definition) is 3. The van der Waals surface area contributed by atoms with Gasteiger partial charge in [0.25, 0.3) is 0 Å². The summed E-state index contributed by atoms with van der Waals surface area (Å²) in [5, 5.41) is 8.67. The molecule has 3 aromatic rings. The zero-order valence-corrected chi connectivity index (χ0v) is 16.2. The third kappa shape index (κ3) is 3.82. The summed E-state index contributed by atoms with van der Waals surface area (Å²) in [6, 6.07) is 9.67. The van der Waals surface area contributed by atoms with Crippen LogP contribution in [-0.4, -0.2) is 15.7 Å². The number of benzene rings is 1. The quantitative estimate of drug-likeness (QED) is 0.718. The minimum absolute atomic E-state index is 0.0201. The highest BCUT2D eigenvalue weighted by Gasteiger charge is 2.18. The fourth-order valence-electron chi connectivity index (χ4n) is 3.25. The van der Waals surface area contributed by atoms with E-state index in [1.54, 1.807) is 0 Å². The Balaban J connectivity index is 1.69. The van der Waals surface area contributed by atoms with Crippen LogP contribution in [0.5, 0.6) is 0 Å². The first-order chi connectivity index (χ1) is 12.3. The molecule has 0 aliphatic rings. The number of aryl methyl sites for hydroxylation is 1. The van der Waals surface area contributed by atoms with Gasteiger partial charge in [-0.1, -0.05) is 32.0 Å². The molecule has 0 saturated heterocycles. The predicted octanol–water partition coefficient (Wildman–Crippen LogP) is 4.32. The van der Waals surface area contributed by atoms with Crippen molar-refractivity contribution in [2.75, 3.05) is 0 Å². The third-order valence-corrected chi connectivity index (χ3v) is 4.66. The minimum atomic E-state index is -0.179. The van der Waals surface area contributed by atoms with E-state index in [-0.39, 0.29) is 11.9 Å². The van der Waals surface area contributed by atoms with Gasteiger partial charge in [0, 0.05) is 23.2 Å². The van der Waals surface area contributed by atoms with Crippen molar-refractivity contribution in [3.63, 3.8) is 0 Å². The molecule has 1 aromatic carbocycles. The lowest BCUT2D eigenvalue weighted by molar-refractivity contribution is -0.121. The second-order valence-electron chi connectivity index (χ2n) is 7.38. The number of carbonyl (C=O) groups excluding carboxylic acids is 1. The molecule has 26 heavy (non-hydrogen) atoms. The molecule has 0 aliphatic carbocycles. The Labute approximate surface area is 154 Å². The van der Waals surface area contributed by atoms with Gasteiger partial charge < -0.3 is 9.73 Å². The Hall–Kier alpha value is -2.56. The van der Waals surface area contributed by atoms with Crippen LogP contribution < -0.4 is 5.32 Å². The van der Waals surface area contributed by atoms with Crippen molar-refractivity contribution >= 4 is 16.9 Å². The second kappa shape index (κ2) is 7.36. The van der Waals surface area contributed by atoms with Gasteiger partial charge in [0.2, 0.25) is 5.91 Å². The van der Waals surface area contributed by atoms with Gasteiger partial charge in [0.15, 0.2) is 0 Å². The maximum Gasteiger partial charge on any atom is 0.225 e. The SMILES string of the molecule is Cc1nn(CC(C)C)c(C)c1CC(=O)N[C@H](C)c1cc2ccccc2o1. The van der Waals surface area contributed by atoms with Gasteiger partial charge in [-0.05, 0) is 38.8 Å². The number of amides is 1. The maximum absolute atomic E-state index is 12.6. The van der Waals surface area contributed by atoms with Crippen LogP contribution in [0.25, 0.3) is 11.0 Å². The summed E-state index contributed by atoms with van der Waals surface area (Å²) in [5.74, 6) is 1.26. The van der Waals surface area contributed by atoms with Crippen LogP contribution in [0.3, 0.4) is 0 Å². The van der Waals surface area contributed by atoms with E-state index in [1.165, 1.54) is 0 Å². The summed E-state index contributed by atoms with van der Waals surface area (Å²) in [6.07, 6.45) is 0.334. The van der Waals surface area contributed by atoms with Crippen molar-refractivity contribution in [3.05, 3.63) is 53.0 Å². The van der Waals surface area contributed by atoms with Crippen molar-refractivity contribution in [1.82, 2.24) is 15.1 Å². The molecule has 0 radical (unpaired) electrons. The molecule has 0 bridgehead atoms. The Morgan fingerprint density at radius 2 is 1.96 bits per heavy atom. The Bertz CT molecular complexity index is 888. The molecule has 138 valence electrons. The number of hydrogen-bond donors (Lipinski definition) is 1. The molecule has 0 spiro atoms. The smallest absolute Gasteiger partial charge is 0.225 e. The van der Waals surface area contributed by atoms with E-state index in [9.17, 15) is 4.79 Å². The summed E-state index contributed by atoms with van der Waals surface area (Å²) >= 11 is 0. The van der Waals surface area contributed by atoms with Crippen molar-refractivity contribution in [2.45, 2.75) is 53.6 Å². The van der Waals surface area contributed by atoms with Gasteiger partial charge in [0.1, 0.15) is 11.3 Å². The molecule has 5 nitrogen and oxygen atoms in total. The zero-order chi connectivity index (χ0) is 18.8. The van der Waals surface area contributed by atoms with Crippen LogP contribution in [-0.2, 0) is 17.8 Å². The summed E-state index contributed by atoms with van der Waals surface area (Å²) < 4.78 is 7.85. The molecule has 1 atom stereocenters. The van der Waals surface area contributed by atoms with Gasteiger partial charge in [-0.25, -0.2) is 0 Å². The topological polar surface area (TPSA) is 60.1 Å². The Kier molecular flexibility index (Phi) is 5.16. The average Bonchev–Trinajstić information content (AvgIpc) is 3.11. The monoisotopic (exact) mass is 353 g/mol. The van der Waals surface area contributed by atoms with E-state index in [0.717, 1.165) is 40.2 Å². The number of aromatic nitrogens is 2. The zero-order valence-electron chi connectivity index (χ0n) is 16.2. The van der Waals surface area contributed by atoms with Crippen LogP contribution in [0, 0.1) is 19.8 Å². The van der Waals surface area contributed by atoms with E-state index in [2.05, 4.69) is 24.3 Å². The highest BCUT2D eigenvalue weighted by atomic mass is 16.3. The number of nitrogens with zero attached hydrogens (tertiary/aromatic N) is 2. The lowest BCUT2D eigenvalue weighted by Gasteiger charge is -2.12. The number of rotatable bonds is 6. The molecule has 5 heteroatoms. The fraction of sp³-hybridized carbons (Fsp3) is 0.429. The molecule has 0 fully saturated rings. The van der Waals surface area contributed by atoms with E-state index < -0.39 is 0 Å². The van der Waals surface area contributed by atoms with Crippen molar-refractivity contribution in [1.29, 1.82) is 0 Å². The normalized spacial score (nSPS) is 12.7.